The molecule has 3 nitrogen and oxygen atoms in total. The number of thiophene rings is 1. The van der Waals surface area contributed by atoms with Gasteiger partial charge in [-0.05, 0) is 25.7 Å². The van der Waals surface area contributed by atoms with E-state index in [9.17, 15) is 9.90 Å². The Morgan fingerprint density at radius 3 is 2.10 bits per heavy atom. The average Bonchev–Trinajstić information content (AvgIpc) is 3.42. The molecule has 2 aromatic heterocycles. The van der Waals surface area contributed by atoms with Crippen LogP contribution in [0.5, 0.6) is 0 Å². The van der Waals surface area contributed by atoms with Crippen LogP contribution in [0.1, 0.15) is 79.7 Å². The number of fused-ring (bicyclic) bond motifs is 2. The van der Waals surface area contributed by atoms with Crippen LogP contribution in [0.2, 0.25) is 11.5 Å². The van der Waals surface area contributed by atoms with Crippen molar-refractivity contribution in [3.8, 4) is 11.3 Å². The third-order valence-corrected chi connectivity index (χ3v) is 20.4. The summed E-state index contributed by atoms with van der Waals surface area (Å²) in [4.78, 5) is 16.5. The van der Waals surface area contributed by atoms with Crippen molar-refractivity contribution in [2.75, 3.05) is 0 Å². The van der Waals surface area contributed by atoms with Gasteiger partial charge in [0.15, 0.2) is 5.78 Å². The number of carbonyl (C=O) groups is 1. The number of ketones is 1. The monoisotopic (exact) mass is 919 g/mol. The van der Waals surface area contributed by atoms with Crippen molar-refractivity contribution in [1.29, 1.82) is 0 Å². The van der Waals surface area contributed by atoms with Crippen molar-refractivity contribution in [3.63, 3.8) is 0 Å². The van der Waals surface area contributed by atoms with Gasteiger partial charge in [0, 0.05) is 38.0 Å². The van der Waals surface area contributed by atoms with Gasteiger partial charge >= 0.3 is 202 Å². The molecule has 3 aromatic carbocycles. The van der Waals surface area contributed by atoms with E-state index in [0.717, 1.165) is 50.7 Å². The Balaban J connectivity index is 0.000000347. The summed E-state index contributed by atoms with van der Waals surface area (Å²) in [5.41, 5.74) is 2.98. The zero-order chi connectivity index (χ0) is 35.2. The van der Waals surface area contributed by atoms with Gasteiger partial charge in [-0.2, -0.15) is 0 Å². The molecule has 0 spiro atoms. The summed E-state index contributed by atoms with van der Waals surface area (Å²) in [6.07, 6.45) is 6.64. The van der Waals surface area contributed by atoms with E-state index in [1.165, 1.54) is 21.4 Å². The zero-order valence-corrected chi connectivity index (χ0v) is 35.7. The SMILES string of the molecule is CC(C)(C)c1cc(-c2nccc3c(F)[c]([Ge]([CH3])([CH3])[c]4ccccc4)sc23)[c-]c2ccccc12.CCC(CC)C(=O)/C=C(\O)C(CC)CC.[Ir]. The molecule has 49 heavy (non-hydrogen) atoms. The molecule has 0 saturated heterocycles. The van der Waals surface area contributed by atoms with Crippen LogP contribution in [-0.2, 0) is 30.3 Å². The molecular formula is C42H51FGeIrNO2S-. The Morgan fingerprint density at radius 1 is 0.918 bits per heavy atom. The van der Waals surface area contributed by atoms with E-state index in [-0.39, 0.29) is 54.7 Å². The second-order valence-corrected chi connectivity index (χ2v) is 25.0. The van der Waals surface area contributed by atoms with Crippen molar-refractivity contribution in [3.05, 3.63) is 102 Å². The van der Waals surface area contributed by atoms with Gasteiger partial charge < -0.3 is 5.11 Å². The predicted octanol–water partition coefficient (Wildman–Crippen LogP) is 11.0. The Kier molecular flexibility index (Phi) is 14.6. The van der Waals surface area contributed by atoms with Crippen LogP contribution in [0.4, 0.5) is 4.39 Å². The first-order valence-electron chi connectivity index (χ1n) is 17.3. The molecule has 0 amide bonds. The molecule has 5 aromatic rings. The van der Waals surface area contributed by atoms with Gasteiger partial charge in [-0.15, -0.1) is 0 Å². The average molecular weight is 918 g/mol. The second-order valence-electron chi connectivity index (χ2n) is 14.2. The molecule has 0 fully saturated rings. The van der Waals surface area contributed by atoms with Crippen LogP contribution in [0, 0.1) is 23.7 Å². The molecule has 0 aliphatic heterocycles. The molecule has 0 unspecified atom stereocenters. The topological polar surface area (TPSA) is 50.2 Å². The minimum Gasteiger partial charge on any atom is -0.512 e. The molecule has 0 aliphatic rings. The molecule has 7 heteroatoms. The summed E-state index contributed by atoms with van der Waals surface area (Å²) >= 11 is -1.20. The van der Waals surface area contributed by atoms with Gasteiger partial charge in [-0.3, -0.25) is 4.79 Å². The molecule has 0 bridgehead atoms. The maximum Gasteiger partial charge on any atom is 0.162 e. The molecule has 5 rings (SSSR count). The summed E-state index contributed by atoms with van der Waals surface area (Å²) in [7, 11) is 0. The number of allylic oxidation sites excluding steroid dienone is 2. The van der Waals surface area contributed by atoms with E-state index in [4.69, 9.17) is 4.98 Å². The largest absolute Gasteiger partial charge is 0.512 e. The number of rotatable bonds is 10. The van der Waals surface area contributed by atoms with Gasteiger partial charge in [-0.1, -0.05) is 27.7 Å². The third-order valence-electron chi connectivity index (χ3n) is 9.53. The number of pyridine rings is 1. The molecule has 0 atom stereocenters. The summed E-state index contributed by atoms with van der Waals surface area (Å²) in [5.74, 6) is 5.03. The first-order valence-corrected chi connectivity index (χ1v) is 24.4. The van der Waals surface area contributed by atoms with Gasteiger partial charge in [0.25, 0.3) is 0 Å². The number of aromatic nitrogens is 1. The van der Waals surface area contributed by atoms with E-state index in [0.29, 0.717) is 5.39 Å². The van der Waals surface area contributed by atoms with E-state index < -0.39 is 13.3 Å². The number of benzene rings is 3. The minimum absolute atomic E-state index is 0. The van der Waals surface area contributed by atoms with Crippen LogP contribution in [0.3, 0.4) is 0 Å². The van der Waals surface area contributed by atoms with Crippen molar-refractivity contribution < 1.29 is 34.4 Å². The zero-order valence-electron chi connectivity index (χ0n) is 30.4. The van der Waals surface area contributed by atoms with Crippen LogP contribution >= 0.6 is 11.3 Å². The van der Waals surface area contributed by atoms with Crippen molar-refractivity contribution in [1.82, 2.24) is 4.98 Å². The first kappa shape index (κ1) is 40.8. The van der Waals surface area contributed by atoms with Crippen molar-refractivity contribution >= 4 is 59.4 Å². The van der Waals surface area contributed by atoms with Crippen LogP contribution < -0.4 is 8.11 Å². The summed E-state index contributed by atoms with van der Waals surface area (Å²) in [6.45, 7) is 14.8. The number of aliphatic hydroxyl groups excluding tert-OH is 1. The minimum atomic E-state index is -2.79. The fraction of sp³-hybridized carbons (Fsp3) is 0.381. The number of hydrogen-bond acceptors (Lipinski definition) is 4. The van der Waals surface area contributed by atoms with E-state index in [2.05, 4.69) is 86.9 Å². The fourth-order valence-corrected chi connectivity index (χ4v) is 14.5. The standard InChI is InChI=1S/C29H27FGeNS.C13H24O2.Ir/c1-29(2,3)24-18-20(17-19-11-9-10-14-22(19)24)26-27-23(15-16-32-26)25(30)28(33-27)31(4,5)21-12-7-6-8-13-21;1-5-10(6-2)12(14)9-13(15)11(7-3)8-4;/h6-16,18H,1-5H3;9-11,14H,5-8H2,1-4H3;/q-1;;/b;12-9-;. The van der Waals surface area contributed by atoms with Gasteiger partial charge in [0.05, 0.1) is 5.76 Å². The Labute approximate surface area is 313 Å². The molecule has 1 N–H and O–H groups in total. The fourth-order valence-electron chi connectivity index (χ4n) is 6.33. The number of aliphatic hydroxyl groups is 1. The first-order chi connectivity index (χ1) is 22.8. The second kappa shape index (κ2) is 17.5. The van der Waals surface area contributed by atoms with Crippen molar-refractivity contribution in [2.45, 2.75) is 91.1 Å². The predicted molar refractivity (Wildman–Crippen MR) is 207 cm³/mol. The summed E-state index contributed by atoms with van der Waals surface area (Å²) < 4.78 is 19.0. The van der Waals surface area contributed by atoms with Crippen LogP contribution in [0.15, 0.2) is 84.8 Å². The Morgan fingerprint density at radius 2 is 1.51 bits per heavy atom. The third kappa shape index (κ3) is 9.19. The van der Waals surface area contributed by atoms with Crippen LogP contribution in [0.25, 0.3) is 32.1 Å². The van der Waals surface area contributed by atoms with Crippen LogP contribution in [-0.4, -0.2) is 29.1 Å². The molecule has 0 saturated carbocycles. The Bertz CT molecular complexity index is 1890. The maximum absolute atomic E-state index is 15.8. The Hall–Kier alpha value is -2.64. The summed E-state index contributed by atoms with van der Waals surface area (Å²) in [5, 5.41) is 12.7. The number of carbonyl (C=O) groups excluding carboxylic acids is 1. The van der Waals surface area contributed by atoms with E-state index in [1.807, 2.05) is 45.9 Å². The summed E-state index contributed by atoms with van der Waals surface area (Å²) in [6, 6.07) is 26.4. The smallest absolute Gasteiger partial charge is 0.162 e. The number of halogens is 1. The van der Waals surface area contributed by atoms with Gasteiger partial charge in [0.1, 0.15) is 0 Å². The molecule has 1 radical (unpaired) electrons. The normalized spacial score (nSPS) is 12.3. The van der Waals surface area contributed by atoms with Gasteiger partial charge in [-0.25, -0.2) is 0 Å². The molecule has 0 aliphatic carbocycles. The van der Waals surface area contributed by atoms with E-state index >= 15 is 4.39 Å². The van der Waals surface area contributed by atoms with Crippen molar-refractivity contribution in [2.24, 2.45) is 11.8 Å². The van der Waals surface area contributed by atoms with E-state index in [1.54, 1.807) is 17.5 Å². The number of nitrogens with zero attached hydrogens (tertiary/aromatic N) is 1. The maximum atomic E-state index is 15.8. The molecule has 263 valence electrons. The molecular weight excluding hydrogens is 866 g/mol. The quantitative estimate of drug-likeness (QED) is 0.0657. The number of hydrogen-bond donors (Lipinski definition) is 1. The van der Waals surface area contributed by atoms with Gasteiger partial charge in [0.2, 0.25) is 0 Å². The molecule has 2 heterocycles.